The van der Waals surface area contributed by atoms with E-state index in [1.165, 1.54) is 0 Å². The lowest BCUT2D eigenvalue weighted by Crippen LogP contribution is -2.40. The predicted molar refractivity (Wildman–Crippen MR) is 94.3 cm³/mol. The van der Waals surface area contributed by atoms with Gasteiger partial charge in [0.1, 0.15) is 5.82 Å². The van der Waals surface area contributed by atoms with Crippen LogP contribution >= 0.6 is 0 Å². The van der Waals surface area contributed by atoms with Crippen molar-refractivity contribution < 1.29 is 9.84 Å². The van der Waals surface area contributed by atoms with Crippen molar-refractivity contribution in [3.63, 3.8) is 0 Å². The molecular weight excluding hydrogens is 306 g/mol. The van der Waals surface area contributed by atoms with Gasteiger partial charge < -0.3 is 25.0 Å². The van der Waals surface area contributed by atoms with Gasteiger partial charge >= 0.3 is 0 Å². The molecule has 0 aromatic carbocycles. The largest absolute Gasteiger partial charge is 0.391 e. The summed E-state index contributed by atoms with van der Waals surface area (Å²) >= 11 is 0. The number of β-amino-alcohol motifs (C(OH)–C–C–N with tert-alkyl or cyclic N) is 1. The van der Waals surface area contributed by atoms with Crippen LogP contribution in [0, 0.1) is 0 Å². The summed E-state index contributed by atoms with van der Waals surface area (Å²) in [5.41, 5.74) is 1.12. The van der Waals surface area contributed by atoms with Crippen LogP contribution in [-0.4, -0.2) is 73.0 Å². The Morgan fingerprint density at radius 1 is 1.42 bits per heavy atom. The fourth-order valence-corrected chi connectivity index (χ4v) is 3.13. The number of morpholine rings is 1. The minimum atomic E-state index is -0.254. The molecule has 7 heteroatoms. The van der Waals surface area contributed by atoms with E-state index in [1.807, 2.05) is 12.3 Å². The second-order valence-electron chi connectivity index (χ2n) is 6.14. The number of nitrogens with one attached hydrogen (secondary N) is 1. The topological polar surface area (TPSA) is 73.2 Å². The number of aliphatic imine (C=N–C) groups is 1. The zero-order chi connectivity index (χ0) is 16.8. The van der Waals surface area contributed by atoms with Crippen molar-refractivity contribution in [1.82, 2.24) is 15.2 Å². The Balaban J connectivity index is 1.74. The van der Waals surface area contributed by atoms with Crippen molar-refractivity contribution in [1.29, 1.82) is 0 Å². The van der Waals surface area contributed by atoms with Gasteiger partial charge in [-0.25, -0.2) is 9.98 Å². The molecule has 2 saturated heterocycles. The third kappa shape index (κ3) is 4.15. The molecule has 1 aromatic heterocycles. The van der Waals surface area contributed by atoms with Gasteiger partial charge in [-0.2, -0.15) is 0 Å². The summed E-state index contributed by atoms with van der Waals surface area (Å²) in [6.45, 7) is 8.17. The van der Waals surface area contributed by atoms with Crippen molar-refractivity contribution >= 4 is 11.8 Å². The molecule has 2 aliphatic heterocycles. The Morgan fingerprint density at radius 3 is 2.96 bits per heavy atom. The highest BCUT2D eigenvalue weighted by Gasteiger charge is 2.23. The molecule has 7 nitrogen and oxygen atoms in total. The third-order valence-corrected chi connectivity index (χ3v) is 4.38. The quantitative estimate of drug-likeness (QED) is 0.616. The molecule has 1 aromatic rings. The van der Waals surface area contributed by atoms with Gasteiger partial charge in [-0.15, -0.1) is 0 Å². The molecule has 0 spiro atoms. The number of guanidine groups is 1. The molecule has 0 aliphatic carbocycles. The molecular formula is C17H27N5O2. The molecule has 2 N–H and O–H groups in total. The maximum Gasteiger partial charge on any atom is 0.194 e. The van der Waals surface area contributed by atoms with Crippen molar-refractivity contribution in [3.05, 3.63) is 23.9 Å². The smallest absolute Gasteiger partial charge is 0.194 e. The number of pyridine rings is 1. The highest BCUT2D eigenvalue weighted by molar-refractivity contribution is 5.80. The molecule has 3 heterocycles. The summed E-state index contributed by atoms with van der Waals surface area (Å²) in [5.74, 6) is 1.87. The third-order valence-electron chi connectivity index (χ3n) is 4.38. The molecule has 3 rings (SSSR count). The van der Waals surface area contributed by atoms with Crippen molar-refractivity contribution in [2.45, 2.75) is 26.0 Å². The van der Waals surface area contributed by atoms with Gasteiger partial charge in [0.25, 0.3) is 0 Å². The summed E-state index contributed by atoms with van der Waals surface area (Å²) in [7, 11) is 0. The molecule has 132 valence electrons. The number of anilines is 1. The molecule has 2 fully saturated rings. The van der Waals surface area contributed by atoms with Gasteiger partial charge in [0.15, 0.2) is 5.96 Å². The fourth-order valence-electron chi connectivity index (χ4n) is 3.13. The van der Waals surface area contributed by atoms with E-state index < -0.39 is 0 Å². The minimum absolute atomic E-state index is 0.254. The van der Waals surface area contributed by atoms with E-state index in [-0.39, 0.29) is 6.10 Å². The van der Waals surface area contributed by atoms with Crippen LogP contribution in [0.2, 0.25) is 0 Å². The SMILES string of the molecule is CCNC(=NCc1cccnc1N1CCOCC1)N1CC[C@@H](O)C1. The highest BCUT2D eigenvalue weighted by Crippen LogP contribution is 2.19. The normalized spacial score (nSPS) is 22.1. The van der Waals surface area contributed by atoms with E-state index in [0.717, 1.165) is 63.2 Å². The molecule has 2 aliphatic rings. The maximum atomic E-state index is 9.76. The predicted octanol–water partition coefficient (Wildman–Crippen LogP) is 0.450. The zero-order valence-electron chi connectivity index (χ0n) is 14.3. The monoisotopic (exact) mass is 333 g/mol. The lowest BCUT2D eigenvalue weighted by Gasteiger charge is -2.29. The van der Waals surface area contributed by atoms with E-state index >= 15 is 0 Å². The number of hydrogen-bond donors (Lipinski definition) is 2. The van der Waals surface area contributed by atoms with Crippen LogP contribution in [0.5, 0.6) is 0 Å². The van der Waals surface area contributed by atoms with Crippen LogP contribution in [0.4, 0.5) is 5.82 Å². The fraction of sp³-hybridized carbons (Fsp3) is 0.647. The summed E-state index contributed by atoms with van der Waals surface area (Å²) in [6, 6.07) is 4.05. The van der Waals surface area contributed by atoms with E-state index in [1.54, 1.807) is 0 Å². The summed E-state index contributed by atoms with van der Waals surface area (Å²) < 4.78 is 5.43. The molecule has 1 atom stereocenters. The Kier molecular flexibility index (Phi) is 5.87. The second-order valence-corrected chi connectivity index (χ2v) is 6.14. The second kappa shape index (κ2) is 8.30. The number of aliphatic hydroxyl groups excluding tert-OH is 1. The lowest BCUT2D eigenvalue weighted by molar-refractivity contribution is 0.122. The Morgan fingerprint density at radius 2 is 2.25 bits per heavy atom. The van der Waals surface area contributed by atoms with Gasteiger partial charge in [-0.3, -0.25) is 0 Å². The highest BCUT2D eigenvalue weighted by atomic mass is 16.5. The number of aliphatic hydroxyl groups is 1. The zero-order valence-corrected chi connectivity index (χ0v) is 14.3. The standard InChI is InChI=1S/C17H27N5O2/c1-2-18-17(22-7-5-15(23)13-22)20-12-14-4-3-6-19-16(14)21-8-10-24-11-9-21/h3-4,6,15,23H,2,5,7-13H2,1H3,(H,18,20)/t15-/m1/s1. The summed E-state index contributed by atoms with van der Waals surface area (Å²) in [5, 5.41) is 13.1. The van der Waals surface area contributed by atoms with Crippen LogP contribution in [0.1, 0.15) is 18.9 Å². The van der Waals surface area contributed by atoms with E-state index in [0.29, 0.717) is 13.1 Å². The van der Waals surface area contributed by atoms with Gasteiger partial charge in [-0.05, 0) is 19.4 Å². The van der Waals surface area contributed by atoms with Crippen molar-refractivity contribution in [2.75, 3.05) is 50.8 Å². The first kappa shape index (κ1) is 17.0. The molecule has 0 unspecified atom stereocenters. The number of nitrogens with zero attached hydrogens (tertiary/aromatic N) is 4. The van der Waals surface area contributed by atoms with Crippen LogP contribution in [-0.2, 0) is 11.3 Å². The molecule has 0 saturated carbocycles. The summed E-state index contributed by atoms with van der Waals surface area (Å²) in [6.07, 6.45) is 2.38. The van der Waals surface area contributed by atoms with Crippen LogP contribution in [0.3, 0.4) is 0 Å². The lowest BCUT2D eigenvalue weighted by atomic mass is 10.2. The molecule has 24 heavy (non-hydrogen) atoms. The van der Waals surface area contributed by atoms with E-state index in [2.05, 4.69) is 33.1 Å². The van der Waals surface area contributed by atoms with Crippen LogP contribution in [0.15, 0.2) is 23.3 Å². The van der Waals surface area contributed by atoms with Crippen LogP contribution in [0.25, 0.3) is 0 Å². The van der Waals surface area contributed by atoms with E-state index in [9.17, 15) is 5.11 Å². The number of ether oxygens (including phenoxy) is 1. The van der Waals surface area contributed by atoms with Gasteiger partial charge in [0.2, 0.25) is 0 Å². The molecule has 0 bridgehead atoms. The van der Waals surface area contributed by atoms with Gasteiger partial charge in [-0.1, -0.05) is 6.07 Å². The van der Waals surface area contributed by atoms with Gasteiger partial charge in [0, 0.05) is 44.5 Å². The number of rotatable bonds is 4. The first-order chi connectivity index (χ1) is 11.8. The molecule has 0 amide bonds. The Hall–Kier alpha value is -1.86. The Bertz CT molecular complexity index is 560. The Labute approximate surface area is 143 Å². The first-order valence-electron chi connectivity index (χ1n) is 8.76. The van der Waals surface area contributed by atoms with E-state index in [4.69, 9.17) is 9.73 Å². The van der Waals surface area contributed by atoms with Crippen molar-refractivity contribution in [2.24, 2.45) is 4.99 Å². The minimum Gasteiger partial charge on any atom is -0.391 e. The maximum absolute atomic E-state index is 9.76. The van der Waals surface area contributed by atoms with Crippen LogP contribution < -0.4 is 10.2 Å². The van der Waals surface area contributed by atoms with Gasteiger partial charge in [0.05, 0.1) is 25.9 Å². The molecule has 0 radical (unpaired) electrons. The summed E-state index contributed by atoms with van der Waals surface area (Å²) in [4.78, 5) is 13.7. The van der Waals surface area contributed by atoms with Crippen molar-refractivity contribution in [3.8, 4) is 0 Å². The number of likely N-dealkylation sites (tertiary alicyclic amines) is 1. The number of hydrogen-bond acceptors (Lipinski definition) is 5. The number of aromatic nitrogens is 1. The first-order valence-corrected chi connectivity index (χ1v) is 8.76. The average Bonchev–Trinajstić information content (AvgIpc) is 3.06. The average molecular weight is 333 g/mol.